The van der Waals surface area contributed by atoms with Crippen LogP contribution in [0.1, 0.15) is 83.0 Å². The molecular weight excluding hydrogens is 422 g/mol. The smallest absolute Gasteiger partial charge is 0.242 e. The van der Waals surface area contributed by atoms with Crippen molar-refractivity contribution in [2.24, 2.45) is 5.92 Å². The van der Waals surface area contributed by atoms with Gasteiger partial charge >= 0.3 is 0 Å². The van der Waals surface area contributed by atoms with Crippen molar-refractivity contribution in [3.63, 3.8) is 0 Å². The normalized spacial score (nSPS) is 11.1. The van der Waals surface area contributed by atoms with Crippen LogP contribution < -0.4 is 0 Å². The number of nitrogens with zero attached hydrogens (tertiary/aromatic N) is 3. The van der Waals surface area contributed by atoms with Crippen molar-refractivity contribution < 1.29 is 9.59 Å². The number of carbonyl (C=O) groups is 2. The zero-order valence-electron chi connectivity index (χ0n) is 22.1. The number of rotatable bonds is 15. The van der Waals surface area contributed by atoms with Crippen molar-refractivity contribution in [1.82, 2.24) is 14.4 Å². The fourth-order valence-corrected chi connectivity index (χ4v) is 4.05. The Morgan fingerprint density at radius 2 is 1.71 bits per heavy atom. The summed E-state index contributed by atoms with van der Waals surface area (Å²) < 4.78 is 2.23. The molecule has 5 nitrogen and oxygen atoms in total. The number of aromatic nitrogens is 1. The van der Waals surface area contributed by atoms with Gasteiger partial charge in [-0.2, -0.15) is 0 Å². The molecule has 0 radical (unpaired) electrons. The monoisotopic (exact) mass is 467 g/mol. The molecule has 0 fully saturated rings. The van der Waals surface area contributed by atoms with Crippen LogP contribution in [0.15, 0.2) is 42.6 Å². The molecule has 1 aromatic heterocycles. The Kier molecular flexibility index (Phi) is 11.9. The molecule has 0 atom stereocenters. The third-order valence-electron chi connectivity index (χ3n) is 6.25. The van der Waals surface area contributed by atoms with E-state index in [2.05, 4.69) is 81.8 Å². The van der Waals surface area contributed by atoms with Gasteiger partial charge in [-0.25, -0.2) is 0 Å². The van der Waals surface area contributed by atoms with Crippen LogP contribution in [0.5, 0.6) is 0 Å². The zero-order chi connectivity index (χ0) is 24.9. The predicted octanol–water partition coefficient (Wildman–Crippen LogP) is 6.04. The van der Waals surface area contributed by atoms with Gasteiger partial charge in [0.1, 0.15) is 0 Å². The molecule has 5 heteroatoms. The van der Waals surface area contributed by atoms with Gasteiger partial charge in [0, 0.05) is 37.9 Å². The summed E-state index contributed by atoms with van der Waals surface area (Å²) >= 11 is 0. The maximum atomic E-state index is 13.4. The average molecular weight is 468 g/mol. The summed E-state index contributed by atoms with van der Waals surface area (Å²) in [5.41, 5.74) is 3.63. The molecule has 0 spiro atoms. The summed E-state index contributed by atoms with van der Waals surface area (Å²) in [7, 11) is 0. The molecule has 34 heavy (non-hydrogen) atoms. The first-order valence-electron chi connectivity index (χ1n) is 13.1. The van der Waals surface area contributed by atoms with Gasteiger partial charge in [0.05, 0.1) is 13.1 Å². The summed E-state index contributed by atoms with van der Waals surface area (Å²) in [4.78, 5) is 30.0. The Bertz CT molecular complexity index is 887. The highest BCUT2D eigenvalue weighted by molar-refractivity contribution is 5.84. The van der Waals surface area contributed by atoms with E-state index >= 15 is 0 Å². The second-order valence-corrected chi connectivity index (χ2v) is 9.89. The molecule has 1 heterocycles. The van der Waals surface area contributed by atoms with E-state index in [4.69, 9.17) is 0 Å². The number of aryl methyl sites for hydroxylation is 1. The molecule has 0 unspecified atom stereocenters. The maximum absolute atomic E-state index is 13.4. The molecule has 0 saturated carbocycles. The average Bonchev–Trinajstić information content (AvgIpc) is 3.23. The van der Waals surface area contributed by atoms with E-state index in [0.717, 1.165) is 44.3 Å². The molecule has 0 N–H and O–H groups in total. The Hall–Kier alpha value is -2.56. The molecule has 0 saturated heterocycles. The molecular formula is C29H45N3O2. The Morgan fingerprint density at radius 3 is 2.38 bits per heavy atom. The van der Waals surface area contributed by atoms with Crippen LogP contribution in [0.3, 0.4) is 0 Å². The molecule has 1 aromatic carbocycles. The minimum Gasteiger partial charge on any atom is -0.345 e. The number of amides is 2. The molecule has 0 bridgehead atoms. The van der Waals surface area contributed by atoms with Crippen molar-refractivity contribution in [3.8, 4) is 0 Å². The van der Waals surface area contributed by atoms with Crippen LogP contribution in [-0.2, 0) is 22.7 Å². The van der Waals surface area contributed by atoms with E-state index in [9.17, 15) is 9.59 Å². The molecule has 2 amide bonds. The van der Waals surface area contributed by atoms with Gasteiger partial charge in [0.15, 0.2) is 0 Å². The SMILES string of the molecule is CCCCC(=O)N(CCC(C)C)CC(=O)N(CCCC)Cc1cccn1Cc1cccc(C)c1. The largest absolute Gasteiger partial charge is 0.345 e. The predicted molar refractivity (Wildman–Crippen MR) is 141 cm³/mol. The first-order chi connectivity index (χ1) is 16.3. The number of hydrogen-bond acceptors (Lipinski definition) is 2. The Balaban J connectivity index is 2.13. The van der Waals surface area contributed by atoms with Crippen LogP contribution in [0.25, 0.3) is 0 Å². The number of hydrogen-bond donors (Lipinski definition) is 0. The molecule has 188 valence electrons. The van der Waals surface area contributed by atoms with Gasteiger partial charge in [0.2, 0.25) is 11.8 Å². The highest BCUT2D eigenvalue weighted by Crippen LogP contribution is 2.14. The second kappa shape index (κ2) is 14.6. The quantitative estimate of drug-likeness (QED) is 0.321. The topological polar surface area (TPSA) is 45.6 Å². The highest BCUT2D eigenvalue weighted by Gasteiger charge is 2.22. The van der Waals surface area contributed by atoms with Gasteiger partial charge in [0.25, 0.3) is 0 Å². The lowest BCUT2D eigenvalue weighted by Crippen LogP contribution is -2.43. The van der Waals surface area contributed by atoms with Gasteiger partial charge in [-0.1, -0.05) is 70.4 Å². The highest BCUT2D eigenvalue weighted by atomic mass is 16.2. The van der Waals surface area contributed by atoms with Crippen molar-refractivity contribution in [2.45, 2.75) is 86.2 Å². The van der Waals surface area contributed by atoms with Crippen LogP contribution in [0.2, 0.25) is 0 Å². The molecule has 0 aliphatic rings. The van der Waals surface area contributed by atoms with Crippen molar-refractivity contribution in [3.05, 3.63) is 59.4 Å². The Morgan fingerprint density at radius 1 is 0.941 bits per heavy atom. The standard InChI is InChI=1S/C29H45N3O2/c1-6-8-15-28(33)32(19-16-24(3)4)23-29(34)31(17-9-7-2)22-27-14-11-18-30(27)21-26-13-10-12-25(5)20-26/h10-14,18,20,24H,6-9,15-17,19,21-23H2,1-5H3. The minimum absolute atomic E-state index is 0.0466. The summed E-state index contributed by atoms with van der Waals surface area (Å²) in [6.45, 7) is 13.6. The molecule has 0 aliphatic heterocycles. The summed E-state index contributed by atoms with van der Waals surface area (Å²) in [6.07, 6.45) is 7.37. The fraction of sp³-hybridized carbons (Fsp3) is 0.586. The Labute approximate surface area is 207 Å². The van der Waals surface area contributed by atoms with Gasteiger partial charge in [-0.05, 0) is 49.8 Å². The van der Waals surface area contributed by atoms with Crippen molar-refractivity contribution in [2.75, 3.05) is 19.6 Å². The van der Waals surface area contributed by atoms with Gasteiger partial charge < -0.3 is 14.4 Å². The van der Waals surface area contributed by atoms with E-state index in [1.807, 2.05) is 4.90 Å². The number of carbonyl (C=O) groups excluding carboxylic acids is 2. The van der Waals surface area contributed by atoms with Crippen LogP contribution >= 0.6 is 0 Å². The van der Waals surface area contributed by atoms with Gasteiger partial charge in [-0.15, -0.1) is 0 Å². The van der Waals surface area contributed by atoms with E-state index in [1.165, 1.54) is 11.1 Å². The van der Waals surface area contributed by atoms with Crippen LogP contribution in [0.4, 0.5) is 0 Å². The zero-order valence-corrected chi connectivity index (χ0v) is 22.1. The van der Waals surface area contributed by atoms with Crippen molar-refractivity contribution >= 4 is 11.8 Å². The third-order valence-corrected chi connectivity index (χ3v) is 6.25. The minimum atomic E-state index is 0.0466. The number of benzene rings is 1. The van der Waals surface area contributed by atoms with Crippen LogP contribution in [-0.4, -0.2) is 45.8 Å². The lowest BCUT2D eigenvalue weighted by Gasteiger charge is -2.28. The maximum Gasteiger partial charge on any atom is 0.242 e. The second-order valence-electron chi connectivity index (χ2n) is 9.89. The summed E-state index contributed by atoms with van der Waals surface area (Å²) in [6, 6.07) is 12.7. The van der Waals surface area contributed by atoms with E-state index < -0.39 is 0 Å². The first kappa shape index (κ1) is 27.7. The van der Waals surface area contributed by atoms with Crippen LogP contribution in [0, 0.1) is 12.8 Å². The third kappa shape index (κ3) is 9.36. The van der Waals surface area contributed by atoms with Crippen molar-refractivity contribution in [1.29, 1.82) is 0 Å². The molecule has 2 aromatic rings. The van der Waals surface area contributed by atoms with Gasteiger partial charge in [-0.3, -0.25) is 9.59 Å². The van der Waals surface area contributed by atoms with E-state index in [0.29, 0.717) is 32.0 Å². The number of unbranched alkanes of at least 4 members (excludes halogenated alkanes) is 2. The van der Waals surface area contributed by atoms with E-state index in [-0.39, 0.29) is 18.4 Å². The lowest BCUT2D eigenvalue weighted by molar-refractivity contribution is -0.141. The molecule has 2 rings (SSSR count). The molecule has 0 aliphatic carbocycles. The summed E-state index contributed by atoms with van der Waals surface area (Å²) in [5.74, 6) is 0.650. The lowest BCUT2D eigenvalue weighted by atomic mass is 10.1. The fourth-order valence-electron chi connectivity index (χ4n) is 4.05. The first-order valence-corrected chi connectivity index (χ1v) is 13.1. The van der Waals surface area contributed by atoms with E-state index in [1.54, 1.807) is 4.90 Å². The summed E-state index contributed by atoms with van der Waals surface area (Å²) in [5, 5.41) is 0.